The van der Waals surface area contributed by atoms with E-state index in [4.69, 9.17) is 4.74 Å². The summed E-state index contributed by atoms with van der Waals surface area (Å²) in [6.45, 7) is 1.75. The summed E-state index contributed by atoms with van der Waals surface area (Å²) >= 11 is 0. The lowest BCUT2D eigenvalue weighted by Gasteiger charge is -2.15. The number of ether oxygens (including phenoxy) is 1. The second-order valence-corrected chi connectivity index (χ2v) is 6.82. The number of hydrogen-bond donors (Lipinski definition) is 0. The Balaban J connectivity index is 2.02. The molecule has 0 amide bonds. The fraction of sp³-hybridized carbons (Fsp3) is 0.118. The summed E-state index contributed by atoms with van der Waals surface area (Å²) in [5.41, 5.74) is 1.56. The first-order chi connectivity index (χ1) is 10.6. The molecule has 0 fully saturated rings. The summed E-state index contributed by atoms with van der Waals surface area (Å²) in [6.07, 6.45) is 1.75. The van der Waals surface area contributed by atoms with Crippen LogP contribution in [0.4, 0.5) is 0 Å². The number of hydrogen-bond acceptors (Lipinski definition) is 3. The minimum atomic E-state index is -3.59. The van der Waals surface area contributed by atoms with Gasteiger partial charge in [-0.15, -0.1) is 0 Å². The van der Waals surface area contributed by atoms with E-state index in [1.807, 2.05) is 30.3 Å². The van der Waals surface area contributed by atoms with E-state index >= 15 is 0 Å². The lowest BCUT2D eigenvalue weighted by molar-refractivity contribution is -0.418. The predicted octanol–water partition coefficient (Wildman–Crippen LogP) is 2.88. The zero-order chi connectivity index (χ0) is 15.6. The molecular weight excluding hydrogens is 298 g/mol. The summed E-state index contributed by atoms with van der Waals surface area (Å²) in [6, 6.07) is 18.0. The van der Waals surface area contributed by atoms with Crippen LogP contribution in [0.5, 0.6) is 0 Å². The van der Waals surface area contributed by atoms with Crippen LogP contribution in [0.3, 0.4) is 0 Å². The number of nitrogens with zero attached hydrogens (tertiary/aromatic N) is 1. The van der Waals surface area contributed by atoms with E-state index in [1.54, 1.807) is 43.3 Å². The van der Waals surface area contributed by atoms with Crippen molar-refractivity contribution >= 4 is 21.5 Å². The van der Waals surface area contributed by atoms with Crippen LogP contribution in [0.1, 0.15) is 12.5 Å². The van der Waals surface area contributed by atoms with Crippen molar-refractivity contribution in [2.24, 2.45) is 0 Å². The predicted molar refractivity (Wildman–Crippen MR) is 84.9 cm³/mol. The first-order valence-corrected chi connectivity index (χ1v) is 8.34. The Morgan fingerprint density at radius 1 is 0.955 bits per heavy atom. The van der Waals surface area contributed by atoms with Crippen LogP contribution in [-0.2, 0) is 14.8 Å². The number of rotatable bonds is 3. The molecule has 0 radical (unpaired) electrons. The average Bonchev–Trinajstić information content (AvgIpc) is 2.56. The molecule has 0 N–H and O–H groups in total. The fourth-order valence-electron chi connectivity index (χ4n) is 2.28. The molecule has 2 aromatic carbocycles. The Bertz CT molecular complexity index is 838. The van der Waals surface area contributed by atoms with E-state index in [0.717, 1.165) is 5.56 Å². The second-order valence-electron chi connectivity index (χ2n) is 4.96. The molecule has 0 aromatic heterocycles. The topological polar surface area (TPSA) is 46.4 Å². The molecule has 0 spiro atoms. The summed E-state index contributed by atoms with van der Waals surface area (Å²) < 4.78 is 32.2. The van der Waals surface area contributed by atoms with E-state index < -0.39 is 10.0 Å². The minimum Gasteiger partial charge on any atom is -0.434 e. The zero-order valence-electron chi connectivity index (χ0n) is 12.1. The monoisotopic (exact) mass is 314 g/mol. The molecule has 22 heavy (non-hydrogen) atoms. The summed E-state index contributed by atoms with van der Waals surface area (Å²) in [7, 11) is -3.59. The first-order valence-electron chi connectivity index (χ1n) is 6.90. The Labute approximate surface area is 130 Å². The zero-order valence-corrected chi connectivity index (χ0v) is 13.0. The highest BCUT2D eigenvalue weighted by Gasteiger charge is 2.32. The van der Waals surface area contributed by atoms with Crippen molar-refractivity contribution in [3.63, 3.8) is 0 Å². The van der Waals surface area contributed by atoms with Crippen molar-refractivity contribution in [1.82, 2.24) is 0 Å². The van der Waals surface area contributed by atoms with Crippen molar-refractivity contribution in [2.45, 2.75) is 11.8 Å². The normalized spacial score (nSPS) is 15.2. The first kappa shape index (κ1) is 14.5. The molecule has 0 unspecified atom stereocenters. The van der Waals surface area contributed by atoms with Gasteiger partial charge in [0.15, 0.2) is 5.71 Å². The van der Waals surface area contributed by atoms with Gasteiger partial charge < -0.3 is 4.74 Å². The Morgan fingerprint density at radius 2 is 1.55 bits per heavy atom. The third kappa shape index (κ3) is 2.67. The molecule has 112 valence electrons. The van der Waals surface area contributed by atoms with Crippen LogP contribution < -0.4 is 0 Å². The van der Waals surface area contributed by atoms with Gasteiger partial charge in [-0.25, -0.2) is 0 Å². The average molecular weight is 314 g/mol. The van der Waals surface area contributed by atoms with Crippen LogP contribution in [0.25, 0.3) is 5.76 Å². The third-order valence-corrected chi connectivity index (χ3v) is 5.30. The number of sulfonamides is 1. The fourth-order valence-corrected chi connectivity index (χ4v) is 3.66. The van der Waals surface area contributed by atoms with Crippen LogP contribution in [0, 0.1) is 0 Å². The molecule has 3 rings (SSSR count). The molecular formula is C17H16NO3S+. The molecule has 0 bridgehead atoms. The van der Waals surface area contributed by atoms with E-state index in [9.17, 15) is 8.42 Å². The van der Waals surface area contributed by atoms with Crippen molar-refractivity contribution in [3.8, 4) is 0 Å². The highest BCUT2D eigenvalue weighted by molar-refractivity contribution is 7.85. The lowest BCUT2D eigenvalue weighted by Crippen LogP contribution is -2.31. The second kappa shape index (κ2) is 5.77. The summed E-state index contributed by atoms with van der Waals surface area (Å²) in [4.78, 5) is 0.259. The van der Waals surface area contributed by atoms with Gasteiger partial charge in [0.25, 0.3) is 0 Å². The van der Waals surface area contributed by atoms with Crippen LogP contribution in [-0.4, -0.2) is 24.8 Å². The largest absolute Gasteiger partial charge is 0.434 e. The van der Waals surface area contributed by atoms with Gasteiger partial charge in [0.05, 0.1) is 0 Å². The smallest absolute Gasteiger partial charge is 0.397 e. The molecule has 2 aromatic rings. The van der Waals surface area contributed by atoms with Crippen LogP contribution in [0.2, 0.25) is 0 Å². The van der Waals surface area contributed by atoms with Crippen molar-refractivity contribution in [3.05, 3.63) is 72.3 Å². The van der Waals surface area contributed by atoms with Crippen LogP contribution >= 0.6 is 0 Å². The van der Waals surface area contributed by atoms with Gasteiger partial charge in [0.2, 0.25) is 0 Å². The van der Waals surface area contributed by atoms with Gasteiger partial charge in [-0.1, -0.05) is 52.5 Å². The van der Waals surface area contributed by atoms with E-state index in [1.165, 1.54) is 3.98 Å². The Hall–Kier alpha value is -2.40. The molecule has 0 saturated heterocycles. The summed E-state index contributed by atoms with van der Waals surface area (Å²) in [5, 5.41) is 0. The van der Waals surface area contributed by atoms with Gasteiger partial charge in [-0.05, 0) is 12.1 Å². The molecule has 4 nitrogen and oxygen atoms in total. The molecule has 0 aliphatic carbocycles. The van der Waals surface area contributed by atoms with Gasteiger partial charge >= 0.3 is 16.8 Å². The molecule has 1 heterocycles. The highest BCUT2D eigenvalue weighted by Crippen LogP contribution is 2.21. The van der Waals surface area contributed by atoms with Gasteiger partial charge in [-0.2, -0.15) is 8.42 Å². The number of benzene rings is 2. The van der Waals surface area contributed by atoms with Crippen molar-refractivity contribution < 1.29 is 17.1 Å². The molecule has 1 aliphatic heterocycles. The van der Waals surface area contributed by atoms with E-state index in [-0.39, 0.29) is 11.6 Å². The SMILES string of the molecule is CC1=[N+](S(=O)(=O)c2ccccc2)COC(c2ccccc2)=C1. The van der Waals surface area contributed by atoms with Gasteiger partial charge in [0.1, 0.15) is 10.7 Å². The van der Waals surface area contributed by atoms with Crippen LogP contribution in [0.15, 0.2) is 71.6 Å². The van der Waals surface area contributed by atoms with Gasteiger partial charge in [-0.3, -0.25) is 0 Å². The van der Waals surface area contributed by atoms with E-state index in [0.29, 0.717) is 11.5 Å². The molecule has 0 atom stereocenters. The molecule has 0 saturated carbocycles. The maximum atomic E-state index is 12.6. The highest BCUT2D eigenvalue weighted by atomic mass is 32.2. The minimum absolute atomic E-state index is 0.0240. The van der Waals surface area contributed by atoms with Crippen molar-refractivity contribution in [2.75, 3.05) is 6.73 Å². The quantitative estimate of drug-likeness (QED) is 0.818. The maximum absolute atomic E-state index is 12.6. The standard InChI is InChI=1S/C17H16NO3S/c1-14-12-17(15-8-4-2-5-9-15)21-13-18(14)22(19,20)16-10-6-3-7-11-16/h2-12H,13H2,1H3/q+1. The Kier molecular flexibility index (Phi) is 3.81. The molecule has 1 aliphatic rings. The Morgan fingerprint density at radius 3 is 2.14 bits per heavy atom. The lowest BCUT2D eigenvalue weighted by atomic mass is 10.1. The van der Waals surface area contributed by atoms with Crippen molar-refractivity contribution in [1.29, 1.82) is 0 Å². The summed E-state index contributed by atoms with van der Waals surface area (Å²) in [5.74, 6) is 0.678. The number of allylic oxidation sites excluding steroid dienone is 1. The molecule has 5 heteroatoms. The maximum Gasteiger partial charge on any atom is 0.397 e. The third-order valence-electron chi connectivity index (χ3n) is 3.46. The van der Waals surface area contributed by atoms with E-state index in [2.05, 4.69) is 0 Å². The van der Waals surface area contributed by atoms with Gasteiger partial charge in [0, 0.05) is 18.6 Å².